The third-order valence-electron chi connectivity index (χ3n) is 3.86. The molecule has 0 saturated carbocycles. The van der Waals surface area contributed by atoms with Gasteiger partial charge in [0.25, 0.3) is 5.91 Å². The van der Waals surface area contributed by atoms with Gasteiger partial charge in [-0.15, -0.1) is 0 Å². The first-order chi connectivity index (χ1) is 11.3. The van der Waals surface area contributed by atoms with Crippen molar-refractivity contribution in [2.45, 2.75) is 33.2 Å². The summed E-state index contributed by atoms with van der Waals surface area (Å²) in [5.74, 6) is -1.91. The fourth-order valence-electron chi connectivity index (χ4n) is 2.08. The number of methoxy groups -OCH3 is 1. The molecule has 0 bridgehead atoms. The van der Waals surface area contributed by atoms with Crippen molar-refractivity contribution in [3.8, 4) is 0 Å². The second-order valence-electron chi connectivity index (χ2n) is 5.57. The average molecular weight is 336 g/mol. The molecule has 7 nitrogen and oxygen atoms in total. The Morgan fingerprint density at radius 1 is 1.29 bits per heavy atom. The van der Waals surface area contributed by atoms with E-state index in [0.717, 1.165) is 5.56 Å². The predicted molar refractivity (Wildman–Crippen MR) is 89.3 cm³/mol. The number of aryl methyl sites for hydroxylation is 1. The number of carbonyl (C=O) groups excluding carboxylic acids is 3. The summed E-state index contributed by atoms with van der Waals surface area (Å²) < 4.78 is 9.65. The smallest absolute Gasteiger partial charge is 0.340 e. The summed E-state index contributed by atoms with van der Waals surface area (Å²) in [4.78, 5) is 35.7. The van der Waals surface area contributed by atoms with Crippen LogP contribution < -0.4 is 11.1 Å². The highest BCUT2D eigenvalue weighted by Crippen LogP contribution is 2.17. The Morgan fingerprint density at radius 3 is 2.54 bits per heavy atom. The topological polar surface area (TPSA) is 108 Å². The maximum atomic E-state index is 12.0. The SMILES string of the molecule is CC[C@H](C)[C@H](NC(=O)COC(=O)c1cccc(C)c1N)C(=O)OC. The zero-order valence-electron chi connectivity index (χ0n) is 14.4. The molecule has 0 heterocycles. The molecular weight excluding hydrogens is 312 g/mol. The quantitative estimate of drug-likeness (QED) is 0.576. The molecule has 0 spiro atoms. The number of para-hydroxylation sites is 1. The van der Waals surface area contributed by atoms with Crippen LogP contribution in [-0.2, 0) is 19.1 Å². The van der Waals surface area contributed by atoms with Gasteiger partial charge >= 0.3 is 11.9 Å². The fourth-order valence-corrected chi connectivity index (χ4v) is 2.08. The van der Waals surface area contributed by atoms with Gasteiger partial charge < -0.3 is 20.5 Å². The summed E-state index contributed by atoms with van der Waals surface area (Å²) in [7, 11) is 1.25. The zero-order valence-corrected chi connectivity index (χ0v) is 14.4. The van der Waals surface area contributed by atoms with Gasteiger partial charge in [-0.05, 0) is 24.5 Å². The summed E-state index contributed by atoms with van der Waals surface area (Å²) in [5, 5.41) is 2.53. The van der Waals surface area contributed by atoms with Gasteiger partial charge in [0.1, 0.15) is 6.04 Å². The summed E-state index contributed by atoms with van der Waals surface area (Å²) in [6, 6.07) is 4.19. The second kappa shape index (κ2) is 8.90. The van der Waals surface area contributed by atoms with Gasteiger partial charge in [-0.1, -0.05) is 32.4 Å². The monoisotopic (exact) mass is 336 g/mol. The molecular formula is C17H24N2O5. The normalized spacial score (nSPS) is 12.8. The highest BCUT2D eigenvalue weighted by molar-refractivity contribution is 5.97. The number of carbonyl (C=O) groups is 3. The average Bonchev–Trinajstić information content (AvgIpc) is 2.58. The van der Waals surface area contributed by atoms with E-state index in [1.165, 1.54) is 13.2 Å². The van der Waals surface area contributed by atoms with Crippen molar-refractivity contribution in [1.82, 2.24) is 5.32 Å². The van der Waals surface area contributed by atoms with Gasteiger partial charge in [0.15, 0.2) is 6.61 Å². The van der Waals surface area contributed by atoms with Crippen molar-refractivity contribution < 1.29 is 23.9 Å². The first kappa shape index (κ1) is 19.5. The number of benzene rings is 1. The van der Waals surface area contributed by atoms with Crippen molar-refractivity contribution in [2.24, 2.45) is 5.92 Å². The van der Waals surface area contributed by atoms with Crippen LogP contribution in [0.5, 0.6) is 0 Å². The van der Waals surface area contributed by atoms with Crippen LogP contribution in [0.1, 0.15) is 36.2 Å². The number of ether oxygens (including phenoxy) is 2. The summed E-state index contributed by atoms with van der Waals surface area (Å²) in [6.07, 6.45) is 0.680. The highest BCUT2D eigenvalue weighted by Gasteiger charge is 2.27. The third kappa shape index (κ3) is 4.97. The van der Waals surface area contributed by atoms with Crippen molar-refractivity contribution in [2.75, 3.05) is 19.5 Å². The molecule has 0 aliphatic heterocycles. The minimum Gasteiger partial charge on any atom is -0.467 e. The molecule has 24 heavy (non-hydrogen) atoms. The molecule has 1 aromatic rings. The van der Waals surface area contributed by atoms with E-state index in [-0.39, 0.29) is 11.5 Å². The molecule has 0 radical (unpaired) electrons. The van der Waals surface area contributed by atoms with Crippen LogP contribution in [-0.4, -0.2) is 37.6 Å². The summed E-state index contributed by atoms with van der Waals surface area (Å²) in [6.45, 7) is 4.98. The summed E-state index contributed by atoms with van der Waals surface area (Å²) >= 11 is 0. The Labute approximate surface area is 141 Å². The molecule has 0 fully saturated rings. The van der Waals surface area contributed by atoms with E-state index >= 15 is 0 Å². The Kier molecular flexibility index (Phi) is 7.23. The second-order valence-corrected chi connectivity index (χ2v) is 5.57. The van der Waals surface area contributed by atoms with Crippen LogP contribution in [0.25, 0.3) is 0 Å². The van der Waals surface area contributed by atoms with Gasteiger partial charge in [0.05, 0.1) is 12.7 Å². The van der Waals surface area contributed by atoms with E-state index < -0.39 is 30.5 Å². The minimum atomic E-state index is -0.782. The van der Waals surface area contributed by atoms with E-state index in [9.17, 15) is 14.4 Å². The molecule has 0 aromatic heterocycles. The van der Waals surface area contributed by atoms with Crippen molar-refractivity contribution in [3.05, 3.63) is 29.3 Å². The number of anilines is 1. The molecule has 3 N–H and O–H groups in total. The predicted octanol–water partition coefficient (Wildman–Crippen LogP) is 1.44. The van der Waals surface area contributed by atoms with Crippen LogP contribution in [0.4, 0.5) is 5.69 Å². The summed E-state index contributed by atoms with van der Waals surface area (Å²) in [5.41, 5.74) is 7.09. The van der Waals surface area contributed by atoms with Crippen molar-refractivity contribution in [3.63, 3.8) is 0 Å². The number of hydrogen-bond donors (Lipinski definition) is 2. The van der Waals surface area contributed by atoms with E-state index in [1.807, 2.05) is 13.8 Å². The number of hydrogen-bond acceptors (Lipinski definition) is 6. The number of rotatable bonds is 7. The zero-order chi connectivity index (χ0) is 18.3. The molecule has 0 saturated heterocycles. The van der Waals surface area contributed by atoms with Gasteiger partial charge in [-0.25, -0.2) is 9.59 Å². The van der Waals surface area contributed by atoms with E-state index in [2.05, 4.69) is 10.1 Å². The number of esters is 2. The minimum absolute atomic E-state index is 0.107. The van der Waals surface area contributed by atoms with Gasteiger partial charge in [-0.2, -0.15) is 0 Å². The first-order valence-corrected chi connectivity index (χ1v) is 7.71. The molecule has 0 aliphatic carbocycles. The Bertz CT molecular complexity index is 615. The lowest BCUT2D eigenvalue weighted by Crippen LogP contribution is -2.47. The molecule has 7 heteroatoms. The maximum Gasteiger partial charge on any atom is 0.340 e. The maximum absolute atomic E-state index is 12.0. The van der Waals surface area contributed by atoms with Crippen LogP contribution in [0, 0.1) is 12.8 Å². The number of amides is 1. The number of nitrogens with one attached hydrogen (secondary N) is 1. The van der Waals surface area contributed by atoms with Crippen LogP contribution in [0.3, 0.4) is 0 Å². The van der Waals surface area contributed by atoms with Gasteiger partial charge in [0, 0.05) is 5.69 Å². The molecule has 132 valence electrons. The van der Waals surface area contributed by atoms with Gasteiger partial charge in [-0.3, -0.25) is 4.79 Å². The lowest BCUT2D eigenvalue weighted by atomic mass is 9.99. The highest BCUT2D eigenvalue weighted by atomic mass is 16.5. The van der Waals surface area contributed by atoms with Crippen molar-refractivity contribution in [1.29, 1.82) is 0 Å². The molecule has 0 unspecified atom stereocenters. The molecule has 1 amide bonds. The van der Waals surface area contributed by atoms with Crippen molar-refractivity contribution >= 4 is 23.5 Å². The fraction of sp³-hybridized carbons (Fsp3) is 0.471. The lowest BCUT2D eigenvalue weighted by molar-refractivity contribution is -0.147. The Hall–Kier alpha value is -2.57. The third-order valence-corrected chi connectivity index (χ3v) is 3.86. The van der Waals surface area contributed by atoms with E-state index in [0.29, 0.717) is 12.1 Å². The number of nitrogen functional groups attached to an aromatic ring is 1. The van der Waals surface area contributed by atoms with E-state index in [1.54, 1.807) is 19.1 Å². The van der Waals surface area contributed by atoms with Gasteiger partial charge in [0.2, 0.25) is 0 Å². The molecule has 0 aliphatic rings. The number of nitrogens with two attached hydrogens (primary N) is 1. The van der Waals surface area contributed by atoms with Crippen LogP contribution in [0.2, 0.25) is 0 Å². The standard InChI is InChI=1S/C17H24N2O5/c1-5-10(2)15(17(22)23-4)19-13(20)9-24-16(21)12-8-6-7-11(3)14(12)18/h6-8,10,15H,5,9,18H2,1-4H3,(H,19,20)/t10-,15-/m0/s1. The first-order valence-electron chi connectivity index (χ1n) is 7.71. The lowest BCUT2D eigenvalue weighted by Gasteiger charge is -2.21. The molecule has 1 rings (SSSR count). The Balaban J connectivity index is 2.66. The van der Waals surface area contributed by atoms with Crippen LogP contribution >= 0.6 is 0 Å². The molecule has 2 atom stereocenters. The largest absolute Gasteiger partial charge is 0.467 e. The van der Waals surface area contributed by atoms with Crippen LogP contribution in [0.15, 0.2) is 18.2 Å². The molecule has 1 aromatic carbocycles. The Morgan fingerprint density at radius 2 is 1.96 bits per heavy atom. The van der Waals surface area contributed by atoms with E-state index in [4.69, 9.17) is 10.5 Å².